The third-order valence-electron chi connectivity index (χ3n) is 3.45. The van der Waals surface area contributed by atoms with Gasteiger partial charge >= 0.3 is 0 Å². The van der Waals surface area contributed by atoms with E-state index in [0.717, 1.165) is 0 Å². The molecule has 10 heteroatoms. The van der Waals surface area contributed by atoms with Gasteiger partial charge in [0.15, 0.2) is 0 Å². The predicted octanol–water partition coefficient (Wildman–Crippen LogP) is 1.05. The molecule has 4 N–H and O–H groups in total. The van der Waals surface area contributed by atoms with E-state index in [9.17, 15) is 13.2 Å². The highest BCUT2D eigenvalue weighted by atomic mass is 32.2. The fourth-order valence-electron chi connectivity index (χ4n) is 2.19. The van der Waals surface area contributed by atoms with Crippen LogP contribution in [0.1, 0.15) is 10.5 Å². The normalized spacial score (nSPS) is 11.5. The van der Waals surface area contributed by atoms with Crippen LogP contribution in [-0.4, -0.2) is 48.3 Å². The van der Waals surface area contributed by atoms with Crippen LogP contribution in [-0.2, 0) is 10.0 Å². The lowest BCUT2D eigenvalue weighted by atomic mass is 10.3. The van der Waals surface area contributed by atoms with E-state index in [1.54, 1.807) is 38.5 Å². The minimum absolute atomic E-state index is 0.0191. The number of nitrogens with zero attached hydrogens (tertiary/aromatic N) is 3. The molecule has 1 aromatic carbocycles. The van der Waals surface area contributed by atoms with Gasteiger partial charge in [-0.3, -0.25) is 4.79 Å². The maximum Gasteiger partial charge on any atom is 0.269 e. The van der Waals surface area contributed by atoms with Crippen LogP contribution in [0, 0.1) is 0 Å². The molecule has 3 rings (SSSR count). The van der Waals surface area contributed by atoms with E-state index in [-0.39, 0.29) is 10.8 Å². The third kappa shape index (κ3) is 3.59. The molecule has 0 bridgehead atoms. The van der Waals surface area contributed by atoms with Gasteiger partial charge in [-0.05, 0) is 30.3 Å². The fourth-order valence-corrected chi connectivity index (χ4v) is 2.70. The molecule has 0 aliphatic rings. The number of nitrogens with one attached hydrogen (secondary N) is 2. The van der Waals surface area contributed by atoms with E-state index in [1.807, 2.05) is 0 Å². The van der Waals surface area contributed by atoms with Crippen LogP contribution < -0.4 is 10.5 Å². The minimum Gasteiger partial charge on any atom is -0.344 e. The van der Waals surface area contributed by atoms with E-state index >= 15 is 0 Å². The standard InChI is InChI=1S/C15H16N6O3S/c1-21(2)14(22)12-7-9-8-17-15(20-13(9)19-12)18-10-3-5-11(6-4-10)25(16,23)24/h3-8H,1-2H3,(H2,16,23,24)(H2,17,18,19,20). The van der Waals surface area contributed by atoms with Crippen molar-refractivity contribution in [2.24, 2.45) is 5.14 Å². The SMILES string of the molecule is CN(C)C(=O)c1cc2cnc(Nc3ccc(S(N)(=O)=O)cc3)nc2[nH]1. The number of benzene rings is 1. The average Bonchev–Trinajstić information content (AvgIpc) is 2.96. The summed E-state index contributed by atoms with van der Waals surface area (Å²) in [6, 6.07) is 7.58. The Morgan fingerprint density at radius 1 is 1.24 bits per heavy atom. The molecule has 0 spiro atoms. The van der Waals surface area contributed by atoms with E-state index < -0.39 is 10.0 Å². The number of anilines is 2. The first kappa shape index (κ1) is 16.9. The van der Waals surface area contributed by atoms with Crippen molar-refractivity contribution in [3.63, 3.8) is 0 Å². The summed E-state index contributed by atoms with van der Waals surface area (Å²) < 4.78 is 22.5. The Labute approximate surface area is 143 Å². The zero-order valence-corrected chi connectivity index (χ0v) is 14.3. The van der Waals surface area contributed by atoms with Gasteiger partial charge in [-0.1, -0.05) is 0 Å². The Kier molecular flexibility index (Phi) is 4.15. The summed E-state index contributed by atoms with van der Waals surface area (Å²) in [6.45, 7) is 0. The number of sulfonamides is 1. The monoisotopic (exact) mass is 360 g/mol. The number of H-pyrrole nitrogens is 1. The zero-order chi connectivity index (χ0) is 18.2. The van der Waals surface area contributed by atoms with Crippen LogP contribution in [0.2, 0.25) is 0 Å². The second-order valence-electron chi connectivity index (χ2n) is 5.57. The number of hydrogen-bond acceptors (Lipinski definition) is 6. The number of aromatic nitrogens is 3. The fraction of sp³-hybridized carbons (Fsp3) is 0.133. The molecule has 1 amide bonds. The van der Waals surface area contributed by atoms with Crippen molar-refractivity contribution in [3.8, 4) is 0 Å². The predicted molar refractivity (Wildman–Crippen MR) is 93.0 cm³/mol. The average molecular weight is 360 g/mol. The maximum atomic E-state index is 12.0. The highest BCUT2D eigenvalue weighted by Gasteiger charge is 2.13. The quantitative estimate of drug-likeness (QED) is 0.637. The van der Waals surface area contributed by atoms with Crippen LogP contribution in [0.3, 0.4) is 0 Å². The van der Waals surface area contributed by atoms with E-state index in [0.29, 0.717) is 28.4 Å². The number of amides is 1. The lowest BCUT2D eigenvalue weighted by molar-refractivity contribution is 0.0823. The number of fused-ring (bicyclic) bond motifs is 1. The molecule has 0 saturated carbocycles. The molecule has 0 unspecified atom stereocenters. The molecule has 25 heavy (non-hydrogen) atoms. The summed E-state index contributed by atoms with van der Waals surface area (Å²) in [5, 5.41) is 8.73. The Morgan fingerprint density at radius 3 is 2.52 bits per heavy atom. The molecule has 2 aromatic heterocycles. The van der Waals surface area contributed by atoms with Gasteiger partial charge in [-0.15, -0.1) is 0 Å². The third-order valence-corrected chi connectivity index (χ3v) is 4.37. The summed E-state index contributed by atoms with van der Waals surface area (Å²) in [4.78, 5) is 24.9. The molecular formula is C15H16N6O3S. The molecule has 9 nitrogen and oxygen atoms in total. The van der Waals surface area contributed by atoms with Crippen LogP contribution in [0.5, 0.6) is 0 Å². The Balaban J connectivity index is 1.85. The second-order valence-corrected chi connectivity index (χ2v) is 7.14. The minimum atomic E-state index is -3.73. The summed E-state index contributed by atoms with van der Waals surface area (Å²) in [5.74, 6) is 0.146. The zero-order valence-electron chi connectivity index (χ0n) is 13.5. The molecule has 0 fully saturated rings. The molecule has 0 radical (unpaired) electrons. The van der Waals surface area contributed by atoms with Crippen molar-refractivity contribution in [1.29, 1.82) is 0 Å². The molecule has 0 aliphatic carbocycles. The van der Waals surface area contributed by atoms with Crippen molar-refractivity contribution < 1.29 is 13.2 Å². The number of nitrogens with two attached hydrogens (primary N) is 1. The molecule has 0 atom stereocenters. The molecule has 130 valence electrons. The smallest absolute Gasteiger partial charge is 0.269 e. The first-order chi connectivity index (χ1) is 11.7. The van der Waals surface area contributed by atoms with Gasteiger partial charge in [0.1, 0.15) is 11.3 Å². The summed E-state index contributed by atoms with van der Waals surface area (Å²) in [5.41, 5.74) is 1.54. The van der Waals surface area contributed by atoms with Gasteiger partial charge in [0.25, 0.3) is 5.91 Å². The second kappa shape index (κ2) is 6.15. The van der Waals surface area contributed by atoms with Gasteiger partial charge < -0.3 is 15.2 Å². The van der Waals surface area contributed by atoms with Gasteiger partial charge in [0.2, 0.25) is 16.0 Å². The molecule has 3 aromatic rings. The summed E-state index contributed by atoms with van der Waals surface area (Å²) in [6.07, 6.45) is 1.59. The lowest BCUT2D eigenvalue weighted by Gasteiger charge is -2.07. The lowest BCUT2D eigenvalue weighted by Crippen LogP contribution is -2.21. The topological polar surface area (TPSA) is 134 Å². The van der Waals surface area contributed by atoms with Crippen LogP contribution in [0.25, 0.3) is 11.0 Å². The van der Waals surface area contributed by atoms with E-state index in [1.165, 1.54) is 17.0 Å². The Hall–Kier alpha value is -2.98. The van der Waals surface area contributed by atoms with Crippen molar-refractivity contribution in [2.75, 3.05) is 19.4 Å². The van der Waals surface area contributed by atoms with Gasteiger partial charge in [0.05, 0.1) is 4.90 Å². The molecular weight excluding hydrogens is 344 g/mol. The summed E-state index contributed by atoms with van der Waals surface area (Å²) in [7, 11) is -0.405. The largest absolute Gasteiger partial charge is 0.344 e. The first-order valence-electron chi connectivity index (χ1n) is 7.21. The Bertz CT molecular complexity index is 1040. The van der Waals surface area contributed by atoms with Crippen molar-refractivity contribution in [3.05, 3.63) is 42.2 Å². The van der Waals surface area contributed by atoms with E-state index in [2.05, 4.69) is 20.3 Å². The number of hydrogen-bond donors (Lipinski definition) is 3. The molecule has 2 heterocycles. The highest BCUT2D eigenvalue weighted by molar-refractivity contribution is 7.89. The highest BCUT2D eigenvalue weighted by Crippen LogP contribution is 2.19. The van der Waals surface area contributed by atoms with Crippen molar-refractivity contribution >= 4 is 38.6 Å². The van der Waals surface area contributed by atoms with E-state index in [4.69, 9.17) is 5.14 Å². The van der Waals surface area contributed by atoms with Crippen LogP contribution >= 0.6 is 0 Å². The van der Waals surface area contributed by atoms with Crippen molar-refractivity contribution in [2.45, 2.75) is 4.90 Å². The van der Waals surface area contributed by atoms with Gasteiger partial charge in [-0.25, -0.2) is 18.5 Å². The molecule has 0 saturated heterocycles. The number of rotatable bonds is 4. The number of carbonyl (C=O) groups excluding carboxylic acids is 1. The summed E-state index contributed by atoms with van der Waals surface area (Å²) >= 11 is 0. The number of primary sulfonamides is 1. The Morgan fingerprint density at radius 2 is 1.92 bits per heavy atom. The first-order valence-corrected chi connectivity index (χ1v) is 8.76. The number of carbonyl (C=O) groups is 1. The number of aromatic amines is 1. The molecule has 0 aliphatic heterocycles. The van der Waals surface area contributed by atoms with Crippen LogP contribution in [0.15, 0.2) is 41.4 Å². The van der Waals surface area contributed by atoms with Gasteiger partial charge in [-0.2, -0.15) is 4.98 Å². The maximum absolute atomic E-state index is 12.0. The van der Waals surface area contributed by atoms with Crippen molar-refractivity contribution in [1.82, 2.24) is 19.9 Å². The van der Waals surface area contributed by atoms with Gasteiger partial charge in [0, 0.05) is 31.4 Å². The van der Waals surface area contributed by atoms with Crippen LogP contribution in [0.4, 0.5) is 11.6 Å².